The number of halogens is 4. The molecule has 0 radical (unpaired) electrons. The van der Waals surface area contributed by atoms with E-state index in [0.717, 1.165) is 38.2 Å². The third kappa shape index (κ3) is 5.12. The maximum Gasteiger partial charge on any atom is 0.0652 e. The SMILES string of the molecule is CCC(C)[C@@H](c1c(Cl)cncc1Cl)N1CCNCC1.Cl.Cl. The second kappa shape index (κ2) is 10.1. The molecule has 122 valence electrons. The monoisotopic (exact) mass is 373 g/mol. The Kier molecular flexibility index (Phi) is 10.2. The normalized spacial score (nSPS) is 18.3. The molecule has 1 fully saturated rings. The Morgan fingerprint density at radius 3 is 2.19 bits per heavy atom. The van der Waals surface area contributed by atoms with Crippen molar-refractivity contribution in [2.75, 3.05) is 26.2 Å². The molecule has 2 atom stereocenters. The van der Waals surface area contributed by atoms with Crippen molar-refractivity contribution in [1.29, 1.82) is 0 Å². The van der Waals surface area contributed by atoms with Crippen molar-refractivity contribution in [2.45, 2.75) is 26.3 Å². The molecule has 1 aromatic rings. The van der Waals surface area contributed by atoms with Crippen LogP contribution < -0.4 is 5.32 Å². The van der Waals surface area contributed by atoms with Gasteiger partial charge in [0.1, 0.15) is 0 Å². The zero-order valence-electron chi connectivity index (χ0n) is 12.3. The number of hydrogen-bond donors (Lipinski definition) is 1. The molecule has 0 saturated carbocycles. The summed E-state index contributed by atoms with van der Waals surface area (Å²) in [5.41, 5.74) is 1.04. The average Bonchev–Trinajstić information content (AvgIpc) is 2.43. The van der Waals surface area contributed by atoms with Crippen LogP contribution in [0, 0.1) is 5.92 Å². The van der Waals surface area contributed by atoms with Crippen molar-refractivity contribution < 1.29 is 0 Å². The van der Waals surface area contributed by atoms with E-state index in [0.29, 0.717) is 16.0 Å². The molecule has 1 aliphatic rings. The Labute approximate surface area is 149 Å². The first kappa shape index (κ1) is 21.2. The van der Waals surface area contributed by atoms with E-state index in [2.05, 4.69) is 29.0 Å². The molecule has 1 unspecified atom stereocenters. The summed E-state index contributed by atoms with van der Waals surface area (Å²) < 4.78 is 0. The van der Waals surface area contributed by atoms with Crippen molar-refractivity contribution >= 4 is 48.0 Å². The molecule has 0 aliphatic carbocycles. The van der Waals surface area contributed by atoms with Crippen LogP contribution >= 0.6 is 48.0 Å². The van der Waals surface area contributed by atoms with Gasteiger partial charge in [0.05, 0.1) is 10.0 Å². The van der Waals surface area contributed by atoms with E-state index in [1.807, 2.05) is 0 Å². The van der Waals surface area contributed by atoms with Gasteiger partial charge >= 0.3 is 0 Å². The maximum atomic E-state index is 6.36. The summed E-state index contributed by atoms with van der Waals surface area (Å²) in [6.07, 6.45) is 4.49. The quantitative estimate of drug-likeness (QED) is 0.854. The van der Waals surface area contributed by atoms with Crippen LogP contribution in [0.1, 0.15) is 31.9 Å². The predicted molar refractivity (Wildman–Crippen MR) is 95.4 cm³/mol. The number of piperazine rings is 1. The molecule has 1 aliphatic heterocycles. The van der Waals surface area contributed by atoms with Crippen molar-refractivity contribution in [1.82, 2.24) is 15.2 Å². The summed E-state index contributed by atoms with van der Waals surface area (Å²) in [5, 5.41) is 4.74. The van der Waals surface area contributed by atoms with Crippen LogP contribution in [0.4, 0.5) is 0 Å². The second-order valence-corrected chi connectivity index (χ2v) is 5.95. The molecular weight excluding hydrogens is 352 g/mol. The molecule has 1 aromatic heterocycles. The van der Waals surface area contributed by atoms with Crippen LogP contribution in [0.2, 0.25) is 10.0 Å². The number of nitrogens with zero attached hydrogens (tertiary/aromatic N) is 2. The van der Waals surface area contributed by atoms with E-state index in [-0.39, 0.29) is 30.9 Å². The van der Waals surface area contributed by atoms with E-state index >= 15 is 0 Å². The highest BCUT2D eigenvalue weighted by Crippen LogP contribution is 2.38. The lowest BCUT2D eigenvalue weighted by molar-refractivity contribution is 0.128. The van der Waals surface area contributed by atoms with Crippen molar-refractivity contribution in [2.24, 2.45) is 5.92 Å². The molecule has 0 spiro atoms. The molecule has 2 heterocycles. The molecule has 0 amide bonds. The number of nitrogens with one attached hydrogen (secondary N) is 1. The molecule has 2 rings (SSSR count). The average molecular weight is 375 g/mol. The number of rotatable bonds is 4. The third-order valence-electron chi connectivity index (χ3n) is 3.91. The molecule has 1 saturated heterocycles. The minimum atomic E-state index is 0. The Morgan fingerprint density at radius 1 is 1.19 bits per heavy atom. The third-order valence-corrected chi connectivity index (χ3v) is 4.52. The number of aromatic nitrogens is 1. The number of hydrogen-bond acceptors (Lipinski definition) is 3. The first-order valence-electron chi connectivity index (χ1n) is 6.88. The van der Waals surface area contributed by atoms with Gasteiger partial charge in [-0.2, -0.15) is 0 Å². The van der Waals surface area contributed by atoms with Crippen LogP contribution in [0.15, 0.2) is 12.4 Å². The standard InChI is InChI=1S/C14H21Cl2N3.2ClH/c1-3-10(2)14(19-6-4-17-5-7-19)13-11(15)8-18-9-12(13)16;;/h8-10,14,17H,3-7H2,1-2H3;2*1H/t10?,14-;;/m0../s1. The van der Waals surface area contributed by atoms with Gasteiger partial charge in [-0.25, -0.2) is 0 Å². The first-order valence-corrected chi connectivity index (χ1v) is 7.64. The zero-order valence-corrected chi connectivity index (χ0v) is 15.5. The molecule has 7 heteroatoms. The lowest BCUT2D eigenvalue weighted by Gasteiger charge is -2.39. The molecule has 3 nitrogen and oxygen atoms in total. The van der Waals surface area contributed by atoms with Crippen LogP contribution in [0.5, 0.6) is 0 Å². The highest BCUT2D eigenvalue weighted by atomic mass is 35.5. The summed E-state index contributed by atoms with van der Waals surface area (Å²) in [5.74, 6) is 0.510. The topological polar surface area (TPSA) is 28.2 Å². The van der Waals surface area contributed by atoms with Crippen LogP contribution in [-0.4, -0.2) is 36.1 Å². The zero-order chi connectivity index (χ0) is 13.8. The minimum Gasteiger partial charge on any atom is -0.314 e. The lowest BCUT2D eigenvalue weighted by atomic mass is 9.91. The first-order chi connectivity index (χ1) is 9.15. The van der Waals surface area contributed by atoms with Gasteiger partial charge in [-0.3, -0.25) is 9.88 Å². The van der Waals surface area contributed by atoms with Crippen molar-refractivity contribution in [3.05, 3.63) is 28.0 Å². The Hall–Kier alpha value is 0.230. The van der Waals surface area contributed by atoms with Gasteiger partial charge in [0.25, 0.3) is 0 Å². The van der Waals surface area contributed by atoms with E-state index in [1.165, 1.54) is 0 Å². The predicted octanol–water partition coefficient (Wildman–Crippen LogP) is 4.22. The van der Waals surface area contributed by atoms with Gasteiger partial charge in [-0.15, -0.1) is 24.8 Å². The molecule has 21 heavy (non-hydrogen) atoms. The largest absolute Gasteiger partial charge is 0.314 e. The Balaban J connectivity index is 0.00000200. The fraction of sp³-hybridized carbons (Fsp3) is 0.643. The fourth-order valence-electron chi connectivity index (χ4n) is 2.71. The Morgan fingerprint density at radius 2 is 1.71 bits per heavy atom. The highest BCUT2D eigenvalue weighted by Gasteiger charge is 2.29. The summed E-state index contributed by atoms with van der Waals surface area (Å²) >= 11 is 12.7. The summed E-state index contributed by atoms with van der Waals surface area (Å²) in [7, 11) is 0. The maximum absolute atomic E-state index is 6.36. The number of pyridine rings is 1. The summed E-state index contributed by atoms with van der Waals surface area (Å²) in [6, 6.07) is 0.273. The van der Waals surface area contributed by atoms with Gasteiger partial charge in [-0.05, 0) is 5.92 Å². The summed E-state index contributed by atoms with van der Waals surface area (Å²) in [6.45, 7) is 8.58. The van der Waals surface area contributed by atoms with Crippen LogP contribution in [0.3, 0.4) is 0 Å². The van der Waals surface area contributed by atoms with E-state index in [4.69, 9.17) is 23.2 Å². The van der Waals surface area contributed by atoms with Crippen LogP contribution in [-0.2, 0) is 0 Å². The van der Waals surface area contributed by atoms with Gasteiger partial charge in [0.15, 0.2) is 0 Å². The van der Waals surface area contributed by atoms with Crippen molar-refractivity contribution in [3.8, 4) is 0 Å². The van der Waals surface area contributed by atoms with Crippen LogP contribution in [0.25, 0.3) is 0 Å². The highest BCUT2D eigenvalue weighted by molar-refractivity contribution is 6.35. The van der Waals surface area contributed by atoms with E-state index in [9.17, 15) is 0 Å². The molecular formula is C14H23Cl4N3. The molecule has 0 aromatic carbocycles. The van der Waals surface area contributed by atoms with E-state index < -0.39 is 0 Å². The lowest BCUT2D eigenvalue weighted by Crippen LogP contribution is -2.46. The van der Waals surface area contributed by atoms with Gasteiger partial charge in [0, 0.05) is 50.2 Å². The smallest absolute Gasteiger partial charge is 0.0652 e. The second-order valence-electron chi connectivity index (χ2n) is 5.13. The van der Waals surface area contributed by atoms with Gasteiger partial charge in [-0.1, -0.05) is 43.5 Å². The fourth-order valence-corrected chi connectivity index (χ4v) is 3.30. The van der Waals surface area contributed by atoms with E-state index in [1.54, 1.807) is 12.4 Å². The summed E-state index contributed by atoms with van der Waals surface area (Å²) in [4.78, 5) is 6.55. The van der Waals surface area contributed by atoms with Crippen molar-refractivity contribution in [3.63, 3.8) is 0 Å². The Bertz CT molecular complexity index is 404. The molecule has 1 N–H and O–H groups in total. The van der Waals surface area contributed by atoms with Gasteiger partial charge in [0.2, 0.25) is 0 Å². The molecule has 0 bridgehead atoms. The van der Waals surface area contributed by atoms with Gasteiger partial charge < -0.3 is 5.32 Å². The minimum absolute atomic E-state index is 0.